The van der Waals surface area contributed by atoms with Crippen molar-refractivity contribution in [2.24, 2.45) is 35.3 Å². The molecule has 0 saturated carbocycles. The predicted molar refractivity (Wildman–Crippen MR) is 548 cm³/mol. The van der Waals surface area contributed by atoms with Crippen molar-refractivity contribution in [2.75, 3.05) is 14.2 Å². The van der Waals surface area contributed by atoms with Crippen molar-refractivity contribution >= 4 is 138 Å². The highest BCUT2D eigenvalue weighted by molar-refractivity contribution is 9.08. The maximum absolute atomic E-state index is 13.5. The number of halogens is 9. The smallest absolute Gasteiger partial charge is 0.446 e. The van der Waals surface area contributed by atoms with Crippen LogP contribution < -0.4 is 37.9 Å². The quantitative estimate of drug-likeness (QED) is 0.00936. The summed E-state index contributed by atoms with van der Waals surface area (Å²) in [7, 11) is 2.89. The molecule has 0 saturated heterocycles. The van der Waals surface area contributed by atoms with E-state index in [1.54, 1.807) is 180 Å². The Bertz CT molecular complexity index is 6140. The molecule has 9 aromatic rings. The molecular weight excluding hydrogens is 2000 g/mol. The van der Waals surface area contributed by atoms with Crippen molar-refractivity contribution in [1.29, 1.82) is 21.0 Å². The Morgan fingerprint density at radius 1 is 0.483 bits per heavy atom. The normalized spacial score (nSPS) is 12.1. The zero-order chi connectivity index (χ0) is 109. The Hall–Kier alpha value is -12.6. The highest BCUT2D eigenvalue weighted by atomic mass is 79.9. The first-order chi connectivity index (χ1) is 66.2. The number of carbonyl (C=O) groups is 9. The van der Waals surface area contributed by atoms with Crippen molar-refractivity contribution < 1.29 is 93.3 Å². The number of amides is 5. The molecule has 0 spiro atoms. The van der Waals surface area contributed by atoms with Crippen molar-refractivity contribution in [1.82, 2.24) is 26.3 Å². The summed E-state index contributed by atoms with van der Waals surface area (Å²) in [5.41, 5.74) is 11.2. The van der Waals surface area contributed by atoms with Crippen LogP contribution in [0.3, 0.4) is 0 Å². The summed E-state index contributed by atoms with van der Waals surface area (Å²) < 4.78 is 77.1. The number of rotatable bonds is 24. The van der Waals surface area contributed by atoms with Crippen molar-refractivity contribution in [3.8, 4) is 24.3 Å². The number of Topliss-reactive ketones (excluding diaryl/α,β-unsaturated/α-hetero) is 2. The fourth-order valence-electron chi connectivity index (χ4n) is 12.5. The minimum absolute atomic E-state index is 0.0320. The van der Waals surface area contributed by atoms with Crippen LogP contribution in [0, 0.1) is 80.7 Å². The van der Waals surface area contributed by atoms with Crippen LogP contribution in [0.25, 0.3) is 21.9 Å². The van der Waals surface area contributed by atoms with Gasteiger partial charge in [-0.25, -0.2) is 28.6 Å². The van der Waals surface area contributed by atoms with E-state index in [0.29, 0.717) is 90.6 Å². The molecule has 9 rings (SSSR count). The lowest BCUT2D eigenvalue weighted by Gasteiger charge is -2.27. The van der Waals surface area contributed by atoms with Crippen molar-refractivity contribution in [2.45, 2.75) is 249 Å². The first-order valence-electron chi connectivity index (χ1n) is 45.0. The van der Waals surface area contributed by atoms with E-state index in [1.807, 2.05) is 106 Å². The van der Waals surface area contributed by atoms with Crippen LogP contribution in [0.1, 0.15) is 255 Å². The van der Waals surface area contributed by atoms with Gasteiger partial charge in [0.1, 0.15) is 56.9 Å². The standard InChI is InChI=1S/C26H27ClN2O4.C21H19ClN2O2.C19H26N2O3.C12H24N2O4.C11H21NO3.C8H6BrN.C7H3Cl2FO.C2HF3O/c1-15(2)22(29-25(31)33-26(3,4)5)24-20(12-16-7-6-8-17(11-16)14-28)23(30)19-10-9-18(27)13-21(19)32-24;1-12(2)19(24)21-17(9-13-4-3-5-14(8-13)11-23)20(25)16-7-6-15(22)10-18(16)26-21;1-13(2)17(21-18(23)24-19(3,4)5)16(22)10-9-14-7-6-8-15(11-14)12-20;1-8(2)9(10(15)14(6)17-7)13-11(16)18-12(3,4)5;1-7(2)9(8(3)13)12-10(14)15-11(4,5)6;9-5-7-2-1-3-8(4-7)6-10;8-4-1-2-5(7(9)11)6(10)3-4;3-2(4,5)1-6/h6-11,13,15,22H,12H2,1-5H3,(H,29,31);3-8,10,12,19H,9,24H2,1-2H3;6-8,11,13,17H,9-10H2,1-5H3,(H,21,23);8-9H,1-7H3,(H,13,16);7,9H,1-6H3,(H,12,14);1-4H,5H2;1-3H;1H/t22-;19-;17-;2*9-;;;/m11111.../s1. The molecule has 5 amide bonds. The molecule has 6 N–H and O–H groups in total. The number of nitrogens with two attached hydrogens (primary N) is 1. The predicted octanol–water partition coefficient (Wildman–Crippen LogP) is 24.0. The van der Waals surface area contributed by atoms with Gasteiger partial charge < -0.3 is 54.8 Å². The third kappa shape index (κ3) is 47.5. The Kier molecular flexibility index (Phi) is 52.6. The topological polar surface area (TPSA) is 433 Å². The van der Waals surface area contributed by atoms with Gasteiger partial charge in [0, 0.05) is 70.0 Å². The van der Waals surface area contributed by atoms with Gasteiger partial charge in [-0.1, -0.05) is 169 Å². The number of hydrogen-bond donors (Lipinski definition) is 5. The number of ketones is 2. The first-order valence-corrected chi connectivity index (χ1v) is 47.7. The third-order valence-electron chi connectivity index (χ3n) is 19.3. The number of hydrogen-bond acceptors (Lipinski definition) is 23. The number of nitrogens with zero attached hydrogens (tertiary/aromatic N) is 5. The number of aldehydes is 1. The van der Waals surface area contributed by atoms with Gasteiger partial charge in [0.25, 0.3) is 11.1 Å². The zero-order valence-corrected chi connectivity index (χ0v) is 89.5. The van der Waals surface area contributed by atoms with Crippen molar-refractivity contribution in [3.05, 3.63) is 266 Å². The number of nitrogens with one attached hydrogen (secondary N) is 4. The van der Waals surface area contributed by atoms with Gasteiger partial charge in [-0.05, 0) is 251 Å². The number of fused-ring (bicyclic) bond motifs is 2. The van der Waals surface area contributed by atoms with Gasteiger partial charge in [0.2, 0.25) is 6.29 Å². The number of ether oxygens (including phenoxy) is 4. The lowest BCUT2D eigenvalue weighted by atomic mass is 9.93. The highest BCUT2D eigenvalue weighted by Gasteiger charge is 2.34. The third-order valence-corrected chi connectivity index (χ3v) is 20.9. The molecular formula is C106H127BrCl4F4N10O18. The lowest BCUT2D eigenvalue weighted by Crippen LogP contribution is -2.51. The number of nitriles is 4. The molecule has 0 aliphatic rings. The Morgan fingerprint density at radius 2 is 0.818 bits per heavy atom. The number of alkyl halides is 4. The Labute approximate surface area is 861 Å². The van der Waals surface area contributed by atoms with Gasteiger partial charge in [-0.15, -0.1) is 0 Å². The molecule has 0 unspecified atom stereocenters. The molecule has 0 fully saturated rings. The monoisotopic (exact) mass is 2120 g/mol. The van der Waals surface area contributed by atoms with Crippen LogP contribution in [-0.4, -0.2) is 119 Å². The van der Waals surface area contributed by atoms with E-state index in [1.165, 1.54) is 33.2 Å². The minimum atomic E-state index is -4.64. The second-order valence-corrected chi connectivity index (χ2v) is 40.2. The summed E-state index contributed by atoms with van der Waals surface area (Å²) in [4.78, 5) is 134. The molecule has 5 atom stereocenters. The van der Waals surface area contributed by atoms with E-state index in [9.17, 15) is 70.8 Å². The maximum atomic E-state index is 13.5. The summed E-state index contributed by atoms with van der Waals surface area (Å²) in [6.45, 7) is 41.8. The molecule has 2 heterocycles. The minimum Gasteiger partial charge on any atom is -0.459 e. The molecule has 7 aromatic carbocycles. The van der Waals surface area contributed by atoms with E-state index < -0.39 is 101 Å². The summed E-state index contributed by atoms with van der Waals surface area (Å²) in [5.74, 6) is -0.348. The zero-order valence-electron chi connectivity index (χ0n) is 84.9. The summed E-state index contributed by atoms with van der Waals surface area (Å²) in [5, 5.41) is 49.5. The molecule has 0 aliphatic carbocycles. The van der Waals surface area contributed by atoms with Gasteiger partial charge >= 0.3 is 30.5 Å². The maximum Gasteiger partial charge on any atom is 0.446 e. The second kappa shape index (κ2) is 59.5. The SMILES string of the molecule is CC(=O)[C@H](NC(=O)OC(C)(C)C)C(C)C.CC(C)[C@@H](N)c1oc2cc(Cl)ccc2c(=O)c1Cc1cccc(C#N)c1.CC(C)[C@@H](NC(=O)OC(C)(C)C)C(=O)CCc1cccc(C#N)c1.CC(C)[C@@H](NC(=O)OC(C)(C)C)c1oc2cc(Cl)ccc2c(=O)c1Cc1cccc(C#N)c1.CON(C)C(=O)[C@H](NC(=O)OC(C)(C)C)C(C)C.N#Cc1cccc(CBr)c1.O=C(Cl)c1ccc(Cl)cc1F.O=CC(F)(F)F. The van der Waals surface area contributed by atoms with Crippen LogP contribution in [0.5, 0.6) is 0 Å². The molecule has 143 heavy (non-hydrogen) atoms. The van der Waals surface area contributed by atoms with Gasteiger partial charge in [0.15, 0.2) is 22.4 Å². The molecule has 37 heteroatoms. The van der Waals surface area contributed by atoms with Crippen LogP contribution in [0.4, 0.5) is 36.7 Å². The summed E-state index contributed by atoms with van der Waals surface area (Å²) >= 11 is 26.0. The molecule has 0 radical (unpaired) electrons. The molecule has 28 nitrogen and oxygen atoms in total. The molecule has 0 bridgehead atoms. The van der Waals surface area contributed by atoms with Crippen LogP contribution in [0.15, 0.2) is 170 Å². The summed E-state index contributed by atoms with van der Waals surface area (Å²) in [6.07, 6.45) is -6.62. The van der Waals surface area contributed by atoms with E-state index >= 15 is 0 Å². The van der Waals surface area contributed by atoms with Crippen molar-refractivity contribution in [3.63, 3.8) is 0 Å². The fourth-order valence-corrected chi connectivity index (χ4v) is 13.5. The number of carbonyl (C=O) groups excluding carboxylic acids is 9. The Morgan fingerprint density at radius 3 is 1.15 bits per heavy atom. The van der Waals surface area contributed by atoms with Gasteiger partial charge in [-0.2, -0.15) is 34.2 Å². The van der Waals surface area contributed by atoms with E-state index in [2.05, 4.69) is 61.5 Å². The second-order valence-electron chi connectivity index (χ2n) is 38.0. The largest absolute Gasteiger partial charge is 0.459 e. The van der Waals surface area contributed by atoms with E-state index in [0.717, 1.165) is 44.3 Å². The number of aryl methyl sites for hydroxylation is 1. The average molecular weight is 2130 g/mol. The van der Waals surface area contributed by atoms with E-state index in [-0.39, 0.29) is 74.9 Å². The molecule has 2 aromatic heterocycles. The number of alkyl carbamates (subject to hydrolysis) is 4. The van der Waals surface area contributed by atoms with Crippen LogP contribution >= 0.6 is 62.3 Å². The average Bonchev–Trinajstić information content (AvgIpc) is 0.754. The molecule has 0 aliphatic heterocycles. The number of hydroxylamine groups is 2. The molecule has 772 valence electrons. The number of likely N-dealkylation sites (N-methyl/N-ethyl adjacent to an activating group) is 1. The van der Waals surface area contributed by atoms with Crippen LogP contribution in [-0.2, 0) is 67.6 Å². The number of benzene rings is 7. The van der Waals surface area contributed by atoms with E-state index in [4.69, 9.17) is 105 Å². The van der Waals surface area contributed by atoms with Gasteiger partial charge in [0.05, 0.1) is 94.1 Å². The highest BCUT2D eigenvalue weighted by Crippen LogP contribution is 2.33. The Balaban J connectivity index is 0.000000576. The van der Waals surface area contributed by atoms with Gasteiger partial charge in [-0.3, -0.25) is 38.4 Å². The first kappa shape index (κ1) is 126. The summed E-state index contributed by atoms with van der Waals surface area (Å²) in [6, 6.07) is 48.1. The fraction of sp³-hybridized carbons (Fsp3) is 0.425. The lowest BCUT2D eigenvalue weighted by molar-refractivity contribution is -0.172. The van der Waals surface area contributed by atoms with Crippen LogP contribution in [0.2, 0.25) is 15.1 Å².